The van der Waals surface area contributed by atoms with Gasteiger partial charge in [0.05, 0.1) is 18.1 Å². The van der Waals surface area contributed by atoms with E-state index in [-0.39, 0.29) is 43.9 Å². The van der Waals surface area contributed by atoms with Crippen molar-refractivity contribution in [1.29, 1.82) is 0 Å². The molecule has 1 saturated carbocycles. The minimum Gasteiger partial charge on any atom is -0.480 e. The molecule has 3 aliphatic rings. The van der Waals surface area contributed by atoms with Gasteiger partial charge in [-0.3, -0.25) is 4.79 Å². The third-order valence-electron chi connectivity index (χ3n) is 7.76. The Morgan fingerprint density at radius 3 is 2.20 bits per heavy atom. The van der Waals surface area contributed by atoms with Gasteiger partial charge < -0.3 is 24.8 Å². The minimum atomic E-state index is -1.32. The molecular formula is C27H30N2O6. The molecule has 8 heteroatoms. The first-order valence-corrected chi connectivity index (χ1v) is 12.0. The van der Waals surface area contributed by atoms with Crippen molar-refractivity contribution in [3.8, 4) is 11.1 Å². The highest BCUT2D eigenvalue weighted by molar-refractivity contribution is 5.88. The number of likely N-dealkylation sites (tertiary alicyclic amines) is 1. The average Bonchev–Trinajstić information content (AvgIpc) is 3.37. The normalized spacial score (nSPS) is 23.9. The van der Waals surface area contributed by atoms with Gasteiger partial charge in [-0.15, -0.1) is 0 Å². The Balaban J connectivity index is 1.22. The molecule has 2 N–H and O–H groups in total. The molecule has 2 amide bonds. The van der Waals surface area contributed by atoms with Gasteiger partial charge in [0, 0.05) is 26.0 Å². The molecule has 0 radical (unpaired) electrons. The number of carboxylic acids is 1. The number of nitrogens with one attached hydrogen (secondary N) is 1. The summed E-state index contributed by atoms with van der Waals surface area (Å²) in [6.45, 7) is 1.96. The van der Waals surface area contributed by atoms with Crippen LogP contribution in [0.4, 0.5) is 4.79 Å². The van der Waals surface area contributed by atoms with E-state index in [4.69, 9.17) is 9.47 Å². The van der Waals surface area contributed by atoms with Crippen molar-refractivity contribution in [2.24, 2.45) is 0 Å². The predicted molar refractivity (Wildman–Crippen MR) is 128 cm³/mol. The number of hydrogen-bond acceptors (Lipinski definition) is 5. The molecule has 2 aromatic rings. The van der Waals surface area contributed by atoms with Gasteiger partial charge >= 0.3 is 12.1 Å². The maximum absolute atomic E-state index is 13.1. The third-order valence-corrected chi connectivity index (χ3v) is 7.76. The van der Waals surface area contributed by atoms with Crippen LogP contribution in [0.2, 0.25) is 0 Å². The molecule has 0 aromatic heterocycles. The lowest BCUT2D eigenvalue weighted by atomic mass is 9.97. The highest BCUT2D eigenvalue weighted by Crippen LogP contribution is 2.45. The number of benzene rings is 2. The zero-order chi connectivity index (χ0) is 24.8. The Bertz CT molecular complexity index is 1130. The summed E-state index contributed by atoms with van der Waals surface area (Å²) in [7, 11) is 1.52. The first-order valence-electron chi connectivity index (χ1n) is 12.0. The lowest BCUT2D eigenvalue weighted by Crippen LogP contribution is -2.52. The topological polar surface area (TPSA) is 105 Å². The van der Waals surface area contributed by atoms with E-state index in [1.54, 1.807) is 6.92 Å². The van der Waals surface area contributed by atoms with E-state index in [0.29, 0.717) is 12.8 Å². The van der Waals surface area contributed by atoms with Gasteiger partial charge in [0.2, 0.25) is 5.91 Å². The van der Waals surface area contributed by atoms with Gasteiger partial charge in [-0.25, -0.2) is 9.59 Å². The number of rotatable bonds is 7. The fourth-order valence-corrected chi connectivity index (χ4v) is 5.49. The number of hydrogen-bond donors (Lipinski definition) is 2. The monoisotopic (exact) mass is 478 g/mol. The molecule has 5 rings (SSSR count). The number of alkyl carbamates (subject to hydrolysis) is 1. The Morgan fingerprint density at radius 2 is 1.66 bits per heavy atom. The predicted octanol–water partition coefficient (Wildman–Crippen LogP) is 3.54. The van der Waals surface area contributed by atoms with E-state index >= 15 is 0 Å². The van der Waals surface area contributed by atoms with Crippen molar-refractivity contribution in [3.63, 3.8) is 0 Å². The molecular weight excluding hydrogens is 448 g/mol. The Hall–Kier alpha value is -3.39. The van der Waals surface area contributed by atoms with E-state index in [1.807, 2.05) is 24.3 Å². The van der Waals surface area contributed by atoms with Crippen molar-refractivity contribution in [3.05, 3.63) is 59.7 Å². The number of carbonyl (C=O) groups excluding carboxylic acids is 2. The average molecular weight is 479 g/mol. The van der Waals surface area contributed by atoms with E-state index in [2.05, 4.69) is 29.6 Å². The van der Waals surface area contributed by atoms with Gasteiger partial charge in [-0.05, 0) is 42.0 Å². The minimum absolute atomic E-state index is 0.0382. The second-order valence-corrected chi connectivity index (χ2v) is 10.1. The molecule has 2 aromatic carbocycles. The Kier molecular flexibility index (Phi) is 5.79. The number of aliphatic carboxylic acids is 1. The zero-order valence-corrected chi connectivity index (χ0v) is 20.0. The first-order chi connectivity index (χ1) is 16.8. The molecule has 1 heterocycles. The summed E-state index contributed by atoms with van der Waals surface area (Å²) in [6, 6.07) is 16.3. The maximum Gasteiger partial charge on any atom is 0.407 e. The first kappa shape index (κ1) is 23.4. The van der Waals surface area contributed by atoms with Crippen LogP contribution in [0.25, 0.3) is 11.1 Å². The van der Waals surface area contributed by atoms with E-state index in [9.17, 15) is 19.5 Å². The molecule has 1 saturated heterocycles. The van der Waals surface area contributed by atoms with Crippen LogP contribution in [-0.2, 0) is 19.1 Å². The molecule has 0 bridgehead atoms. The molecule has 2 aliphatic carbocycles. The summed E-state index contributed by atoms with van der Waals surface area (Å²) < 4.78 is 11.0. The molecule has 1 aliphatic heterocycles. The zero-order valence-electron chi connectivity index (χ0n) is 20.0. The maximum atomic E-state index is 13.1. The summed E-state index contributed by atoms with van der Waals surface area (Å²) in [5, 5.41) is 12.6. The van der Waals surface area contributed by atoms with Crippen molar-refractivity contribution >= 4 is 18.0 Å². The standard InChI is InChI=1S/C27H30N2O6/c1-26(24(31)32)13-17(34-2)15-29(26)23(30)14-27(11-12-27)28-25(33)35-16-22-20-9-5-3-7-18(20)19-8-4-6-10-21(19)22/h3-10,17,22H,11-16H2,1-2H3,(H,28,33)(H,31,32). The number of amides is 2. The van der Waals surface area contributed by atoms with Crippen LogP contribution in [0.15, 0.2) is 48.5 Å². The van der Waals surface area contributed by atoms with Crippen LogP contribution in [-0.4, -0.2) is 65.4 Å². The van der Waals surface area contributed by atoms with Gasteiger partial charge in [0.1, 0.15) is 12.1 Å². The highest BCUT2D eigenvalue weighted by atomic mass is 16.5. The smallest absolute Gasteiger partial charge is 0.407 e. The SMILES string of the molecule is COC1CN(C(=O)CC2(NC(=O)OCC3c4ccccc4-c4ccccc43)CC2)C(C)(C(=O)O)C1. The number of fused-ring (bicyclic) bond motifs is 3. The summed E-state index contributed by atoms with van der Waals surface area (Å²) in [6.07, 6.45) is 0.677. The number of ether oxygens (including phenoxy) is 2. The summed E-state index contributed by atoms with van der Waals surface area (Å²) in [4.78, 5) is 39.1. The van der Waals surface area contributed by atoms with E-state index in [1.165, 1.54) is 12.0 Å². The second kappa shape index (κ2) is 8.68. The van der Waals surface area contributed by atoms with Gasteiger partial charge in [0.15, 0.2) is 0 Å². The number of carbonyl (C=O) groups is 3. The molecule has 2 atom stereocenters. The lowest BCUT2D eigenvalue weighted by molar-refractivity contribution is -0.155. The van der Waals surface area contributed by atoms with Gasteiger partial charge in [0.25, 0.3) is 0 Å². The molecule has 184 valence electrons. The van der Waals surface area contributed by atoms with E-state index in [0.717, 1.165) is 22.3 Å². The summed E-state index contributed by atoms with van der Waals surface area (Å²) in [5.41, 5.74) is 2.56. The molecule has 35 heavy (non-hydrogen) atoms. The number of nitrogens with zero attached hydrogens (tertiary/aromatic N) is 1. The molecule has 2 unspecified atom stereocenters. The van der Waals surface area contributed by atoms with Gasteiger partial charge in [-0.2, -0.15) is 0 Å². The number of carboxylic acid groups (broad SMARTS) is 1. The molecule has 2 fully saturated rings. The van der Waals surface area contributed by atoms with Gasteiger partial charge in [-0.1, -0.05) is 48.5 Å². The fraction of sp³-hybridized carbons (Fsp3) is 0.444. The molecule has 8 nitrogen and oxygen atoms in total. The van der Waals surface area contributed by atoms with Crippen LogP contribution in [0.5, 0.6) is 0 Å². The van der Waals surface area contributed by atoms with Crippen LogP contribution >= 0.6 is 0 Å². The van der Waals surface area contributed by atoms with Crippen molar-refractivity contribution in [2.75, 3.05) is 20.3 Å². The second-order valence-electron chi connectivity index (χ2n) is 10.1. The van der Waals surface area contributed by atoms with Crippen molar-refractivity contribution in [1.82, 2.24) is 10.2 Å². The van der Waals surface area contributed by atoms with Crippen molar-refractivity contribution < 1.29 is 29.0 Å². The quantitative estimate of drug-likeness (QED) is 0.631. The number of methoxy groups -OCH3 is 1. The van der Waals surface area contributed by atoms with Crippen LogP contribution in [0, 0.1) is 0 Å². The fourth-order valence-electron chi connectivity index (χ4n) is 5.49. The summed E-state index contributed by atoms with van der Waals surface area (Å²) >= 11 is 0. The van der Waals surface area contributed by atoms with E-state index < -0.39 is 23.1 Å². The highest BCUT2D eigenvalue weighted by Gasteiger charge is 2.54. The summed E-state index contributed by atoms with van der Waals surface area (Å²) in [5.74, 6) is -1.40. The van der Waals surface area contributed by atoms with Crippen LogP contribution in [0.1, 0.15) is 49.7 Å². The van der Waals surface area contributed by atoms with Crippen LogP contribution in [0.3, 0.4) is 0 Å². The largest absolute Gasteiger partial charge is 0.480 e. The third kappa shape index (κ3) is 4.16. The van der Waals surface area contributed by atoms with Crippen molar-refractivity contribution in [2.45, 2.75) is 55.7 Å². The Morgan fingerprint density at radius 1 is 1.06 bits per heavy atom. The Labute approximate surface area is 204 Å². The lowest BCUT2D eigenvalue weighted by Gasteiger charge is -2.32. The molecule has 0 spiro atoms. The van der Waals surface area contributed by atoms with Crippen LogP contribution < -0.4 is 5.32 Å².